The Morgan fingerprint density at radius 1 is 1.00 bits per heavy atom. The van der Waals surface area contributed by atoms with Crippen LogP contribution in [0.4, 0.5) is 11.6 Å². The average Bonchev–Trinajstić information content (AvgIpc) is 2.71. The number of fused-ring (bicyclic) bond motifs is 1. The van der Waals surface area contributed by atoms with Crippen LogP contribution < -0.4 is 11.1 Å². The monoisotopic (exact) mass is 225 g/mol. The van der Waals surface area contributed by atoms with Gasteiger partial charge < -0.3 is 11.1 Å². The molecule has 17 heavy (non-hydrogen) atoms. The van der Waals surface area contributed by atoms with Gasteiger partial charge in [-0.15, -0.1) is 0 Å². The number of aromatic nitrogens is 1. The molecule has 3 heteroatoms. The van der Waals surface area contributed by atoms with E-state index in [1.165, 1.54) is 11.1 Å². The Bertz CT molecular complexity index is 511. The maximum absolute atomic E-state index is 5.67. The number of nitrogens with two attached hydrogens (primary N) is 1. The van der Waals surface area contributed by atoms with E-state index in [4.69, 9.17) is 5.73 Å². The minimum atomic E-state index is 0.432. The Labute approximate surface area is 101 Å². The van der Waals surface area contributed by atoms with Crippen molar-refractivity contribution in [3.63, 3.8) is 0 Å². The van der Waals surface area contributed by atoms with Crippen molar-refractivity contribution in [1.29, 1.82) is 0 Å². The molecular formula is C14H15N3. The zero-order valence-electron chi connectivity index (χ0n) is 9.56. The standard InChI is InChI=1S/C14H15N3/c15-13-6-3-7-14(17-13)16-12-8-10-4-1-2-5-11(10)9-12/h1-7,12H,8-9H2,(H3,15,16,17). The van der Waals surface area contributed by atoms with Gasteiger partial charge in [-0.05, 0) is 36.1 Å². The van der Waals surface area contributed by atoms with Gasteiger partial charge in [0.2, 0.25) is 0 Å². The molecule has 1 aliphatic carbocycles. The third-order valence-corrected chi connectivity index (χ3v) is 3.17. The lowest BCUT2D eigenvalue weighted by atomic mass is 10.1. The summed E-state index contributed by atoms with van der Waals surface area (Å²) in [6, 6.07) is 14.7. The lowest BCUT2D eigenvalue weighted by molar-refractivity contribution is 0.769. The maximum atomic E-state index is 5.67. The van der Waals surface area contributed by atoms with Crippen molar-refractivity contribution in [1.82, 2.24) is 4.98 Å². The van der Waals surface area contributed by atoms with E-state index in [9.17, 15) is 0 Å². The van der Waals surface area contributed by atoms with Crippen LogP contribution in [0.3, 0.4) is 0 Å². The van der Waals surface area contributed by atoms with E-state index in [-0.39, 0.29) is 0 Å². The molecule has 3 rings (SSSR count). The molecule has 0 amide bonds. The highest BCUT2D eigenvalue weighted by molar-refractivity contribution is 5.45. The number of nitrogen functional groups attached to an aromatic ring is 1. The number of rotatable bonds is 2. The van der Waals surface area contributed by atoms with Gasteiger partial charge in [-0.25, -0.2) is 4.98 Å². The van der Waals surface area contributed by atoms with Gasteiger partial charge in [-0.1, -0.05) is 30.3 Å². The van der Waals surface area contributed by atoms with Crippen molar-refractivity contribution in [3.05, 3.63) is 53.6 Å². The predicted octanol–water partition coefficient (Wildman–Crippen LogP) is 2.24. The van der Waals surface area contributed by atoms with Gasteiger partial charge in [0.05, 0.1) is 0 Å². The molecule has 0 saturated heterocycles. The number of benzene rings is 1. The molecule has 1 aliphatic rings. The van der Waals surface area contributed by atoms with Crippen molar-refractivity contribution >= 4 is 11.6 Å². The second-order valence-corrected chi connectivity index (χ2v) is 4.47. The number of hydrogen-bond acceptors (Lipinski definition) is 3. The summed E-state index contributed by atoms with van der Waals surface area (Å²) in [7, 11) is 0. The highest BCUT2D eigenvalue weighted by Crippen LogP contribution is 2.23. The zero-order valence-corrected chi connectivity index (χ0v) is 9.56. The van der Waals surface area contributed by atoms with Crippen molar-refractivity contribution in [3.8, 4) is 0 Å². The summed E-state index contributed by atoms with van der Waals surface area (Å²) in [5.41, 5.74) is 8.54. The topological polar surface area (TPSA) is 50.9 Å². The third-order valence-electron chi connectivity index (χ3n) is 3.17. The Morgan fingerprint density at radius 3 is 2.35 bits per heavy atom. The van der Waals surface area contributed by atoms with Crippen LogP contribution in [-0.4, -0.2) is 11.0 Å². The van der Waals surface area contributed by atoms with Crippen LogP contribution in [-0.2, 0) is 12.8 Å². The molecule has 1 heterocycles. The van der Waals surface area contributed by atoms with Crippen LogP contribution in [0.25, 0.3) is 0 Å². The molecule has 3 N–H and O–H groups in total. The lowest BCUT2D eigenvalue weighted by Crippen LogP contribution is -2.20. The number of hydrogen-bond donors (Lipinski definition) is 2. The minimum Gasteiger partial charge on any atom is -0.384 e. The highest BCUT2D eigenvalue weighted by atomic mass is 15.0. The van der Waals surface area contributed by atoms with Crippen LogP contribution in [0.1, 0.15) is 11.1 Å². The van der Waals surface area contributed by atoms with Crippen LogP contribution >= 0.6 is 0 Å². The first-order valence-corrected chi connectivity index (χ1v) is 5.87. The van der Waals surface area contributed by atoms with Gasteiger partial charge in [-0.3, -0.25) is 0 Å². The van der Waals surface area contributed by atoms with Gasteiger partial charge in [0.25, 0.3) is 0 Å². The lowest BCUT2D eigenvalue weighted by Gasteiger charge is -2.12. The van der Waals surface area contributed by atoms with Gasteiger partial charge in [0.15, 0.2) is 0 Å². The second kappa shape index (κ2) is 4.09. The Kier molecular flexibility index (Phi) is 2.44. The van der Waals surface area contributed by atoms with E-state index in [2.05, 4.69) is 34.6 Å². The number of nitrogens with one attached hydrogen (secondary N) is 1. The molecule has 2 aromatic rings. The summed E-state index contributed by atoms with van der Waals surface area (Å²) < 4.78 is 0. The first kappa shape index (κ1) is 10.1. The van der Waals surface area contributed by atoms with E-state index in [0.29, 0.717) is 11.9 Å². The summed E-state index contributed by atoms with van der Waals surface area (Å²) in [6.45, 7) is 0. The van der Waals surface area contributed by atoms with Gasteiger partial charge in [0.1, 0.15) is 11.6 Å². The van der Waals surface area contributed by atoms with E-state index in [0.717, 1.165) is 18.7 Å². The third kappa shape index (κ3) is 2.09. The summed E-state index contributed by atoms with van der Waals surface area (Å²) in [4.78, 5) is 4.27. The second-order valence-electron chi connectivity index (χ2n) is 4.47. The molecule has 1 aromatic heterocycles. The van der Waals surface area contributed by atoms with Crippen molar-refractivity contribution in [2.24, 2.45) is 0 Å². The predicted molar refractivity (Wildman–Crippen MR) is 69.9 cm³/mol. The van der Waals surface area contributed by atoms with Gasteiger partial charge in [0, 0.05) is 6.04 Å². The quantitative estimate of drug-likeness (QED) is 0.824. The molecule has 0 bridgehead atoms. The first-order chi connectivity index (χ1) is 8.31. The molecule has 86 valence electrons. The van der Waals surface area contributed by atoms with Crippen molar-refractivity contribution in [2.45, 2.75) is 18.9 Å². The molecule has 0 saturated carbocycles. The number of pyridine rings is 1. The van der Waals surface area contributed by atoms with Crippen LogP contribution in [0.2, 0.25) is 0 Å². The molecule has 1 aromatic carbocycles. The van der Waals surface area contributed by atoms with Gasteiger partial charge in [-0.2, -0.15) is 0 Å². The summed E-state index contributed by atoms with van der Waals surface area (Å²) >= 11 is 0. The number of anilines is 2. The number of nitrogens with zero attached hydrogens (tertiary/aromatic N) is 1. The van der Waals surface area contributed by atoms with E-state index in [1.807, 2.05) is 12.1 Å². The minimum absolute atomic E-state index is 0.432. The normalized spacial score (nSPS) is 14.6. The van der Waals surface area contributed by atoms with Crippen LogP contribution in [0, 0.1) is 0 Å². The van der Waals surface area contributed by atoms with Crippen LogP contribution in [0.15, 0.2) is 42.5 Å². The molecule has 0 aliphatic heterocycles. The molecule has 0 fully saturated rings. The summed E-state index contributed by atoms with van der Waals surface area (Å²) in [5.74, 6) is 1.42. The summed E-state index contributed by atoms with van der Waals surface area (Å²) in [5, 5.41) is 3.44. The van der Waals surface area contributed by atoms with Gasteiger partial charge >= 0.3 is 0 Å². The Hall–Kier alpha value is -2.03. The van der Waals surface area contributed by atoms with Crippen molar-refractivity contribution < 1.29 is 0 Å². The molecule has 0 unspecified atom stereocenters. The average molecular weight is 225 g/mol. The fraction of sp³-hybridized carbons (Fsp3) is 0.214. The van der Waals surface area contributed by atoms with Crippen LogP contribution in [0.5, 0.6) is 0 Å². The fourth-order valence-corrected chi connectivity index (χ4v) is 2.40. The van der Waals surface area contributed by atoms with E-state index in [1.54, 1.807) is 6.07 Å². The highest BCUT2D eigenvalue weighted by Gasteiger charge is 2.20. The van der Waals surface area contributed by atoms with Crippen molar-refractivity contribution in [2.75, 3.05) is 11.1 Å². The Morgan fingerprint density at radius 2 is 1.71 bits per heavy atom. The van der Waals surface area contributed by atoms with E-state index >= 15 is 0 Å². The SMILES string of the molecule is Nc1cccc(NC2Cc3ccccc3C2)n1. The largest absolute Gasteiger partial charge is 0.384 e. The zero-order chi connectivity index (χ0) is 11.7. The maximum Gasteiger partial charge on any atom is 0.128 e. The molecule has 0 radical (unpaired) electrons. The smallest absolute Gasteiger partial charge is 0.128 e. The molecule has 3 nitrogen and oxygen atoms in total. The fourth-order valence-electron chi connectivity index (χ4n) is 2.40. The first-order valence-electron chi connectivity index (χ1n) is 5.87. The molecule has 0 spiro atoms. The summed E-state index contributed by atoms with van der Waals surface area (Å²) in [6.07, 6.45) is 2.12. The van der Waals surface area contributed by atoms with E-state index < -0.39 is 0 Å². The molecular weight excluding hydrogens is 210 g/mol. The molecule has 0 atom stereocenters. The Balaban J connectivity index is 1.74.